The molecule has 0 amide bonds. The summed E-state index contributed by atoms with van der Waals surface area (Å²) < 4.78 is 26.6. The predicted molar refractivity (Wildman–Crippen MR) is 81.7 cm³/mol. The van der Waals surface area contributed by atoms with Crippen molar-refractivity contribution in [3.05, 3.63) is 28.2 Å². The molecule has 106 valence electrons. The normalized spacial score (nSPS) is 21.5. The fourth-order valence-electron chi connectivity index (χ4n) is 2.16. The SMILES string of the molecule is O=S(=O)(c1ccc(Cl)c(Cl)c1)N1CCCC(CBr)C1. The molecule has 1 aromatic carbocycles. The smallest absolute Gasteiger partial charge is 0.207 e. The van der Waals surface area contributed by atoms with E-state index in [1.54, 1.807) is 0 Å². The fraction of sp³-hybridized carbons (Fsp3) is 0.500. The first-order chi connectivity index (χ1) is 8.95. The van der Waals surface area contributed by atoms with E-state index in [9.17, 15) is 8.42 Å². The van der Waals surface area contributed by atoms with E-state index in [0.29, 0.717) is 24.0 Å². The van der Waals surface area contributed by atoms with Crippen LogP contribution in [-0.4, -0.2) is 31.1 Å². The average Bonchev–Trinajstić information content (AvgIpc) is 2.41. The van der Waals surface area contributed by atoms with Crippen molar-refractivity contribution in [1.29, 1.82) is 0 Å². The molecule has 1 heterocycles. The minimum atomic E-state index is -3.47. The first-order valence-corrected chi connectivity index (χ1v) is 9.28. The van der Waals surface area contributed by atoms with Crippen LogP contribution in [0.1, 0.15) is 12.8 Å². The number of piperidine rings is 1. The maximum atomic E-state index is 12.5. The summed E-state index contributed by atoms with van der Waals surface area (Å²) in [6.07, 6.45) is 1.94. The minimum Gasteiger partial charge on any atom is -0.207 e. The lowest BCUT2D eigenvalue weighted by Gasteiger charge is -2.31. The van der Waals surface area contributed by atoms with E-state index in [0.717, 1.165) is 18.2 Å². The van der Waals surface area contributed by atoms with Crippen molar-refractivity contribution in [3.63, 3.8) is 0 Å². The van der Waals surface area contributed by atoms with Gasteiger partial charge in [-0.1, -0.05) is 39.1 Å². The van der Waals surface area contributed by atoms with Crippen LogP contribution in [0, 0.1) is 5.92 Å². The van der Waals surface area contributed by atoms with Crippen LogP contribution < -0.4 is 0 Å². The number of hydrogen-bond donors (Lipinski definition) is 0. The molecule has 0 aliphatic carbocycles. The zero-order valence-electron chi connectivity index (χ0n) is 10.2. The molecule has 1 aromatic rings. The van der Waals surface area contributed by atoms with Gasteiger partial charge < -0.3 is 0 Å². The summed E-state index contributed by atoms with van der Waals surface area (Å²) in [5.74, 6) is 0.367. The van der Waals surface area contributed by atoms with Crippen LogP contribution in [0.15, 0.2) is 23.1 Å². The molecule has 2 rings (SSSR count). The molecule has 19 heavy (non-hydrogen) atoms. The second-order valence-electron chi connectivity index (χ2n) is 4.60. The Morgan fingerprint density at radius 1 is 1.32 bits per heavy atom. The van der Waals surface area contributed by atoms with Gasteiger partial charge in [0.05, 0.1) is 14.9 Å². The van der Waals surface area contributed by atoms with Gasteiger partial charge in [0.15, 0.2) is 0 Å². The summed E-state index contributed by atoms with van der Waals surface area (Å²) in [6, 6.07) is 4.43. The van der Waals surface area contributed by atoms with Crippen LogP contribution in [0.3, 0.4) is 0 Å². The highest BCUT2D eigenvalue weighted by Crippen LogP contribution is 2.29. The van der Waals surface area contributed by atoms with Gasteiger partial charge in [0.2, 0.25) is 10.0 Å². The molecular formula is C12H14BrCl2NO2S. The quantitative estimate of drug-likeness (QED) is 0.741. The lowest BCUT2D eigenvalue weighted by atomic mass is 10.0. The molecule has 0 spiro atoms. The highest BCUT2D eigenvalue weighted by atomic mass is 79.9. The van der Waals surface area contributed by atoms with Gasteiger partial charge >= 0.3 is 0 Å². The Kier molecular flexibility index (Phi) is 5.17. The third kappa shape index (κ3) is 3.45. The summed E-state index contributed by atoms with van der Waals surface area (Å²) in [6.45, 7) is 1.11. The second kappa shape index (κ2) is 6.31. The summed E-state index contributed by atoms with van der Waals surface area (Å²) in [7, 11) is -3.47. The minimum absolute atomic E-state index is 0.206. The van der Waals surface area contributed by atoms with Crippen LogP contribution in [-0.2, 0) is 10.0 Å². The van der Waals surface area contributed by atoms with Crippen LogP contribution in [0.2, 0.25) is 10.0 Å². The van der Waals surface area contributed by atoms with E-state index < -0.39 is 10.0 Å². The van der Waals surface area contributed by atoms with Crippen LogP contribution in [0.25, 0.3) is 0 Å². The molecule has 7 heteroatoms. The molecule has 1 atom stereocenters. The first kappa shape index (κ1) is 15.6. The molecule has 1 fully saturated rings. The van der Waals surface area contributed by atoms with Crippen molar-refractivity contribution >= 4 is 49.2 Å². The topological polar surface area (TPSA) is 37.4 Å². The van der Waals surface area contributed by atoms with E-state index in [-0.39, 0.29) is 9.92 Å². The molecule has 0 bridgehead atoms. The molecule has 0 aromatic heterocycles. The Morgan fingerprint density at radius 2 is 2.05 bits per heavy atom. The van der Waals surface area contributed by atoms with Gasteiger partial charge in [-0.2, -0.15) is 4.31 Å². The lowest BCUT2D eigenvalue weighted by Crippen LogP contribution is -2.40. The third-order valence-electron chi connectivity index (χ3n) is 3.23. The van der Waals surface area contributed by atoms with Crippen molar-refractivity contribution in [1.82, 2.24) is 4.31 Å². The van der Waals surface area contributed by atoms with Crippen molar-refractivity contribution in [2.75, 3.05) is 18.4 Å². The molecule has 0 saturated carbocycles. The van der Waals surface area contributed by atoms with Crippen molar-refractivity contribution in [3.8, 4) is 0 Å². The van der Waals surface area contributed by atoms with Crippen molar-refractivity contribution in [2.24, 2.45) is 5.92 Å². The highest BCUT2D eigenvalue weighted by molar-refractivity contribution is 9.09. The molecule has 1 unspecified atom stereocenters. The van der Waals surface area contributed by atoms with Gasteiger partial charge in [-0.3, -0.25) is 0 Å². The van der Waals surface area contributed by atoms with Crippen LogP contribution in [0.4, 0.5) is 0 Å². The number of hydrogen-bond acceptors (Lipinski definition) is 2. The van der Waals surface area contributed by atoms with Gasteiger partial charge in [0.1, 0.15) is 0 Å². The number of benzene rings is 1. The maximum Gasteiger partial charge on any atom is 0.243 e. The third-order valence-corrected chi connectivity index (χ3v) is 6.74. The zero-order valence-corrected chi connectivity index (χ0v) is 14.1. The van der Waals surface area contributed by atoms with Gasteiger partial charge in [0.25, 0.3) is 0 Å². The number of rotatable bonds is 3. The average molecular weight is 387 g/mol. The number of halogens is 3. The van der Waals surface area contributed by atoms with Gasteiger partial charge in [-0.05, 0) is 37.0 Å². The Bertz CT molecular complexity index is 565. The largest absolute Gasteiger partial charge is 0.243 e. The summed E-state index contributed by atoms with van der Waals surface area (Å²) in [4.78, 5) is 0.206. The summed E-state index contributed by atoms with van der Waals surface area (Å²) in [5, 5.41) is 1.44. The number of alkyl halides is 1. The van der Waals surface area contributed by atoms with E-state index in [1.165, 1.54) is 22.5 Å². The highest BCUT2D eigenvalue weighted by Gasteiger charge is 2.30. The van der Waals surface area contributed by atoms with Crippen molar-refractivity contribution in [2.45, 2.75) is 17.7 Å². The Balaban J connectivity index is 2.28. The zero-order chi connectivity index (χ0) is 14.0. The van der Waals surface area contributed by atoms with Gasteiger partial charge in [-0.15, -0.1) is 0 Å². The lowest BCUT2D eigenvalue weighted by molar-refractivity contribution is 0.285. The molecule has 0 radical (unpaired) electrons. The van der Waals surface area contributed by atoms with E-state index in [2.05, 4.69) is 15.9 Å². The molecule has 1 aliphatic heterocycles. The fourth-order valence-corrected chi connectivity index (χ4v) is 4.63. The van der Waals surface area contributed by atoms with Gasteiger partial charge in [0, 0.05) is 18.4 Å². The van der Waals surface area contributed by atoms with Crippen LogP contribution >= 0.6 is 39.1 Å². The number of sulfonamides is 1. The summed E-state index contributed by atoms with van der Waals surface area (Å²) in [5.41, 5.74) is 0. The van der Waals surface area contributed by atoms with Gasteiger partial charge in [-0.25, -0.2) is 8.42 Å². The molecular weight excluding hydrogens is 373 g/mol. The van der Waals surface area contributed by atoms with E-state index in [1.807, 2.05) is 0 Å². The Morgan fingerprint density at radius 3 is 2.68 bits per heavy atom. The second-order valence-corrected chi connectivity index (χ2v) is 8.00. The Labute approximate surface area is 132 Å². The standard InChI is InChI=1S/C12H14BrCl2NO2S/c13-7-9-2-1-5-16(8-9)19(17,18)10-3-4-11(14)12(15)6-10/h3-4,6,9H,1-2,5,7-8H2. The van der Waals surface area contributed by atoms with Crippen molar-refractivity contribution < 1.29 is 8.42 Å². The van der Waals surface area contributed by atoms with E-state index in [4.69, 9.17) is 23.2 Å². The van der Waals surface area contributed by atoms with Crippen LogP contribution in [0.5, 0.6) is 0 Å². The molecule has 0 N–H and O–H groups in total. The van der Waals surface area contributed by atoms with E-state index >= 15 is 0 Å². The maximum absolute atomic E-state index is 12.5. The monoisotopic (exact) mass is 385 g/mol. The molecule has 1 saturated heterocycles. The first-order valence-electron chi connectivity index (χ1n) is 5.96. The predicted octanol–water partition coefficient (Wildman–Crippen LogP) is 3.79. The Hall–Kier alpha value is 0.190. The summed E-state index contributed by atoms with van der Waals surface area (Å²) >= 11 is 15.1. The molecule has 1 aliphatic rings. The molecule has 3 nitrogen and oxygen atoms in total. The number of nitrogens with zero attached hydrogens (tertiary/aromatic N) is 1.